The molecule has 1 aliphatic rings. The van der Waals surface area contributed by atoms with Gasteiger partial charge in [0.25, 0.3) is 0 Å². The van der Waals surface area contributed by atoms with Crippen molar-refractivity contribution in [1.82, 2.24) is 0 Å². The molecule has 0 saturated heterocycles. The summed E-state index contributed by atoms with van der Waals surface area (Å²) < 4.78 is 5.49. The second kappa shape index (κ2) is 6.99. The molecule has 0 bridgehead atoms. The summed E-state index contributed by atoms with van der Waals surface area (Å²) in [6, 6.07) is 0. The molecule has 0 radical (unpaired) electrons. The van der Waals surface area contributed by atoms with E-state index in [-0.39, 0.29) is 0 Å². The fourth-order valence-electron chi connectivity index (χ4n) is 1.85. The van der Waals surface area contributed by atoms with E-state index in [1.807, 2.05) is 6.26 Å². The topological polar surface area (TPSA) is 9.23 Å². The van der Waals surface area contributed by atoms with Crippen molar-refractivity contribution in [3.63, 3.8) is 0 Å². The van der Waals surface area contributed by atoms with E-state index >= 15 is 0 Å². The number of unbranched alkanes of at least 4 members (excludes halogenated alkanes) is 1. The van der Waals surface area contributed by atoms with Crippen LogP contribution in [0.25, 0.3) is 0 Å². The maximum Gasteiger partial charge on any atom is 0.0901 e. The molecular formula is C12H22O. The van der Waals surface area contributed by atoms with Gasteiger partial charge in [0.1, 0.15) is 0 Å². The molecule has 0 atom stereocenters. The first-order valence-corrected chi connectivity index (χ1v) is 5.70. The Bertz CT molecular complexity index is 134. The van der Waals surface area contributed by atoms with Crippen LogP contribution < -0.4 is 0 Å². The Balaban J connectivity index is 1.97. The van der Waals surface area contributed by atoms with Crippen molar-refractivity contribution in [1.29, 1.82) is 0 Å². The van der Waals surface area contributed by atoms with E-state index in [2.05, 4.69) is 13.0 Å². The van der Waals surface area contributed by atoms with Crippen LogP contribution in [0.1, 0.15) is 51.9 Å². The molecule has 0 heterocycles. The molecule has 0 aromatic heterocycles. The van der Waals surface area contributed by atoms with Crippen LogP contribution >= 0.6 is 0 Å². The molecule has 1 rings (SSSR count). The smallest absolute Gasteiger partial charge is 0.0901 e. The average Bonchev–Trinajstić information content (AvgIpc) is 2.19. The predicted molar refractivity (Wildman–Crippen MR) is 56.6 cm³/mol. The van der Waals surface area contributed by atoms with E-state index in [0.717, 1.165) is 18.9 Å². The Hall–Kier alpha value is -0.460. The van der Waals surface area contributed by atoms with Gasteiger partial charge >= 0.3 is 0 Å². The highest BCUT2D eigenvalue weighted by molar-refractivity contribution is 4.73. The molecule has 0 aromatic rings. The number of hydrogen-bond acceptors (Lipinski definition) is 1. The lowest BCUT2D eigenvalue weighted by molar-refractivity contribution is 0.165. The lowest BCUT2D eigenvalue weighted by Crippen LogP contribution is -2.11. The van der Waals surface area contributed by atoms with Gasteiger partial charge in [-0.1, -0.05) is 32.6 Å². The molecule has 0 unspecified atom stereocenters. The van der Waals surface area contributed by atoms with E-state index in [9.17, 15) is 0 Å². The van der Waals surface area contributed by atoms with E-state index in [4.69, 9.17) is 4.74 Å². The summed E-state index contributed by atoms with van der Waals surface area (Å²) in [7, 11) is 0. The van der Waals surface area contributed by atoms with E-state index in [1.54, 1.807) is 0 Å². The molecule has 1 fully saturated rings. The van der Waals surface area contributed by atoms with Crippen molar-refractivity contribution in [2.45, 2.75) is 51.9 Å². The molecule has 0 aliphatic heterocycles. The van der Waals surface area contributed by atoms with Crippen molar-refractivity contribution in [2.75, 3.05) is 6.61 Å². The highest BCUT2D eigenvalue weighted by Crippen LogP contribution is 2.23. The lowest BCUT2D eigenvalue weighted by atomic mass is 9.90. The normalized spacial score (nSPS) is 19.5. The Kier molecular flexibility index (Phi) is 5.71. The Morgan fingerprint density at radius 2 is 2.00 bits per heavy atom. The van der Waals surface area contributed by atoms with Crippen LogP contribution in [0.5, 0.6) is 0 Å². The minimum atomic E-state index is 0.833. The van der Waals surface area contributed by atoms with Gasteiger partial charge in [0.2, 0.25) is 0 Å². The van der Waals surface area contributed by atoms with Gasteiger partial charge in [0, 0.05) is 0 Å². The summed E-state index contributed by atoms with van der Waals surface area (Å²) in [4.78, 5) is 0. The molecule has 13 heavy (non-hydrogen) atoms. The van der Waals surface area contributed by atoms with Gasteiger partial charge < -0.3 is 4.74 Å². The van der Waals surface area contributed by atoms with Crippen molar-refractivity contribution < 1.29 is 4.74 Å². The molecule has 1 saturated carbocycles. The maximum atomic E-state index is 5.49. The SMILES string of the molecule is CCC/C=C/OCC1CCCCC1. The molecule has 1 aliphatic carbocycles. The predicted octanol–water partition coefficient (Wildman–Crippen LogP) is 3.90. The fraction of sp³-hybridized carbons (Fsp3) is 0.833. The molecule has 0 spiro atoms. The monoisotopic (exact) mass is 182 g/mol. The third-order valence-corrected chi connectivity index (χ3v) is 2.70. The molecule has 1 nitrogen and oxygen atoms in total. The second-order valence-corrected chi connectivity index (χ2v) is 4.00. The number of rotatable bonds is 5. The number of hydrogen-bond donors (Lipinski definition) is 0. The van der Waals surface area contributed by atoms with Crippen LogP contribution in [0.4, 0.5) is 0 Å². The summed E-state index contributed by atoms with van der Waals surface area (Å²) in [5, 5.41) is 0. The fourth-order valence-corrected chi connectivity index (χ4v) is 1.85. The summed E-state index contributed by atoms with van der Waals surface area (Å²) in [6.07, 6.45) is 13.4. The quantitative estimate of drug-likeness (QED) is 0.586. The van der Waals surface area contributed by atoms with Crippen LogP contribution in [0.3, 0.4) is 0 Å². The summed E-state index contributed by atoms with van der Waals surface area (Å²) in [6.45, 7) is 3.13. The molecule has 0 amide bonds. The lowest BCUT2D eigenvalue weighted by Gasteiger charge is -2.20. The van der Waals surface area contributed by atoms with Gasteiger partial charge in [-0.15, -0.1) is 0 Å². The maximum absolute atomic E-state index is 5.49. The van der Waals surface area contributed by atoms with Crippen LogP contribution in [0, 0.1) is 5.92 Å². The van der Waals surface area contributed by atoms with Crippen molar-refractivity contribution >= 4 is 0 Å². The number of ether oxygens (including phenoxy) is 1. The first kappa shape index (κ1) is 10.6. The van der Waals surface area contributed by atoms with Crippen LogP contribution in [-0.2, 0) is 4.74 Å². The highest BCUT2D eigenvalue weighted by Gasteiger charge is 2.12. The summed E-state index contributed by atoms with van der Waals surface area (Å²) in [5.74, 6) is 0.833. The number of allylic oxidation sites excluding steroid dienone is 1. The van der Waals surface area contributed by atoms with Crippen molar-refractivity contribution in [3.8, 4) is 0 Å². The summed E-state index contributed by atoms with van der Waals surface area (Å²) in [5.41, 5.74) is 0. The third kappa shape index (κ3) is 4.97. The van der Waals surface area contributed by atoms with E-state index in [1.165, 1.54) is 38.5 Å². The van der Waals surface area contributed by atoms with Gasteiger partial charge in [0.05, 0.1) is 12.9 Å². The summed E-state index contributed by atoms with van der Waals surface area (Å²) >= 11 is 0. The van der Waals surface area contributed by atoms with Gasteiger partial charge in [0.15, 0.2) is 0 Å². The largest absolute Gasteiger partial charge is 0.501 e. The van der Waals surface area contributed by atoms with Crippen LogP contribution in [0.2, 0.25) is 0 Å². The Morgan fingerprint density at radius 1 is 1.23 bits per heavy atom. The zero-order valence-electron chi connectivity index (χ0n) is 8.80. The second-order valence-electron chi connectivity index (χ2n) is 4.00. The highest BCUT2D eigenvalue weighted by atomic mass is 16.5. The minimum Gasteiger partial charge on any atom is -0.501 e. The zero-order valence-corrected chi connectivity index (χ0v) is 8.80. The van der Waals surface area contributed by atoms with E-state index in [0.29, 0.717) is 0 Å². The molecule has 0 aromatic carbocycles. The van der Waals surface area contributed by atoms with Gasteiger partial charge in [-0.2, -0.15) is 0 Å². The van der Waals surface area contributed by atoms with Crippen LogP contribution in [-0.4, -0.2) is 6.61 Å². The van der Waals surface area contributed by atoms with Gasteiger partial charge in [-0.3, -0.25) is 0 Å². The van der Waals surface area contributed by atoms with Crippen molar-refractivity contribution in [2.24, 2.45) is 5.92 Å². The standard InChI is InChI=1S/C12H22O/c1-2-3-7-10-13-11-12-8-5-4-6-9-12/h7,10,12H,2-6,8-9,11H2,1H3/b10-7+. The molecular weight excluding hydrogens is 160 g/mol. The Labute approximate surface area is 82.2 Å². The molecule has 76 valence electrons. The Morgan fingerprint density at radius 3 is 2.69 bits per heavy atom. The minimum absolute atomic E-state index is 0.833. The third-order valence-electron chi connectivity index (χ3n) is 2.70. The zero-order chi connectivity index (χ0) is 9.36. The average molecular weight is 182 g/mol. The van der Waals surface area contributed by atoms with Crippen molar-refractivity contribution in [3.05, 3.63) is 12.3 Å². The first-order valence-electron chi connectivity index (χ1n) is 5.70. The molecule has 0 N–H and O–H groups in total. The molecule has 1 heteroatoms. The van der Waals surface area contributed by atoms with Gasteiger partial charge in [-0.25, -0.2) is 0 Å². The first-order chi connectivity index (χ1) is 6.43. The van der Waals surface area contributed by atoms with Crippen LogP contribution in [0.15, 0.2) is 12.3 Å². The van der Waals surface area contributed by atoms with E-state index < -0.39 is 0 Å². The van der Waals surface area contributed by atoms with Gasteiger partial charge in [-0.05, 0) is 31.3 Å².